The van der Waals surface area contributed by atoms with Gasteiger partial charge in [0.05, 0.1) is 28.7 Å². The van der Waals surface area contributed by atoms with Crippen molar-refractivity contribution >= 4 is 40.0 Å². The van der Waals surface area contributed by atoms with Gasteiger partial charge in [-0.1, -0.05) is 11.6 Å². The van der Waals surface area contributed by atoms with Crippen LogP contribution < -0.4 is 15.8 Å². The Morgan fingerprint density at radius 1 is 1.33 bits per heavy atom. The smallest absolute Gasteiger partial charge is 0.233 e. The van der Waals surface area contributed by atoms with Gasteiger partial charge in [0.15, 0.2) is 5.82 Å². The predicted molar refractivity (Wildman–Crippen MR) is 123 cm³/mol. The normalized spacial score (nSPS) is 23.9. The molecule has 33 heavy (non-hydrogen) atoms. The van der Waals surface area contributed by atoms with Crippen LogP contribution in [-0.4, -0.2) is 33.6 Å². The molecule has 0 bridgehead atoms. The highest BCUT2D eigenvalue weighted by Crippen LogP contribution is 2.58. The Bertz CT molecular complexity index is 1270. The van der Waals surface area contributed by atoms with Crippen LogP contribution in [0, 0.1) is 17.7 Å². The summed E-state index contributed by atoms with van der Waals surface area (Å²) in [6.45, 7) is 2.95. The summed E-state index contributed by atoms with van der Waals surface area (Å²) >= 11 is 6.23. The third-order valence-electron chi connectivity index (χ3n) is 6.11. The van der Waals surface area contributed by atoms with Crippen molar-refractivity contribution in [2.45, 2.75) is 38.3 Å². The highest BCUT2D eigenvalue weighted by atomic mass is 35.5. The van der Waals surface area contributed by atoms with E-state index in [0.29, 0.717) is 40.7 Å². The largest absolute Gasteiger partial charge is 0.474 e. The topological polar surface area (TPSA) is 98.3 Å². The van der Waals surface area contributed by atoms with Crippen molar-refractivity contribution in [2.24, 2.45) is 22.6 Å². The molecule has 3 aromatic rings. The number of fused-ring (bicyclic) bond motifs is 2. The van der Waals surface area contributed by atoms with Gasteiger partial charge in [0.1, 0.15) is 23.5 Å². The van der Waals surface area contributed by atoms with Gasteiger partial charge in [-0.3, -0.25) is 4.99 Å². The van der Waals surface area contributed by atoms with E-state index in [1.54, 1.807) is 12.3 Å². The number of aromatic nitrogens is 3. The molecule has 10 heteroatoms. The molecule has 0 amide bonds. The Labute approximate surface area is 194 Å². The van der Waals surface area contributed by atoms with E-state index in [2.05, 4.69) is 25.3 Å². The first-order chi connectivity index (χ1) is 15.8. The van der Waals surface area contributed by atoms with Crippen LogP contribution in [0.5, 0.6) is 5.88 Å². The van der Waals surface area contributed by atoms with Gasteiger partial charge in [-0.15, -0.1) is 0 Å². The van der Waals surface area contributed by atoms with E-state index in [-0.39, 0.29) is 28.5 Å². The number of amidine groups is 1. The minimum Gasteiger partial charge on any atom is -0.474 e. The maximum atomic E-state index is 15.2. The molecule has 0 radical (unpaired) electrons. The van der Waals surface area contributed by atoms with Gasteiger partial charge >= 0.3 is 0 Å². The predicted octanol–water partition coefficient (Wildman–Crippen LogP) is 4.91. The number of ether oxygens (including phenoxy) is 1. The summed E-state index contributed by atoms with van der Waals surface area (Å²) in [4.78, 5) is 17.6. The number of aliphatic imine (C=N–C) groups is 1. The molecule has 0 saturated heterocycles. The third kappa shape index (κ3) is 3.84. The minimum absolute atomic E-state index is 0.0404. The quantitative estimate of drug-likeness (QED) is 0.529. The molecular weight excluding hydrogens is 450 g/mol. The second kappa shape index (κ2) is 8.06. The lowest BCUT2D eigenvalue weighted by molar-refractivity contribution is 0.232. The molecule has 3 N–H and O–H groups in total. The molecule has 7 nitrogen and oxygen atoms in total. The number of anilines is 2. The molecule has 172 valence electrons. The zero-order chi connectivity index (χ0) is 23.3. The van der Waals surface area contributed by atoms with Crippen molar-refractivity contribution in [3.05, 3.63) is 47.0 Å². The van der Waals surface area contributed by atoms with Crippen molar-refractivity contribution in [3.8, 4) is 5.88 Å². The Morgan fingerprint density at radius 2 is 2.15 bits per heavy atom. The average molecular weight is 473 g/mol. The molecule has 1 aliphatic carbocycles. The standard InChI is InChI=1S/C23H23ClF2N6O/c1-11(2)33-19-9-29-21-17(31-19)3-4-28-22(21)30-13-7-15(20(26)16(24)8-13)23(10-25)14-5-12(14)6-18(27)32-23/h3-4,7-9,11-12,14H,5-6,10H2,1-2H3,(H2,27,32)(H,28,30)/t12-,14-,23-/m0/s1. The zero-order valence-corrected chi connectivity index (χ0v) is 18.9. The fourth-order valence-electron chi connectivity index (χ4n) is 4.60. The van der Waals surface area contributed by atoms with Crippen molar-refractivity contribution < 1.29 is 13.5 Å². The lowest BCUT2D eigenvalue weighted by atomic mass is 9.83. The number of pyridine rings is 1. The highest BCUT2D eigenvalue weighted by Gasteiger charge is 2.57. The Morgan fingerprint density at radius 3 is 2.91 bits per heavy atom. The number of hydrogen-bond acceptors (Lipinski definition) is 7. The number of alkyl halides is 1. The summed E-state index contributed by atoms with van der Waals surface area (Å²) in [5, 5.41) is 2.99. The molecule has 3 atom stereocenters. The van der Waals surface area contributed by atoms with Crippen LogP contribution in [-0.2, 0) is 5.54 Å². The van der Waals surface area contributed by atoms with Crippen molar-refractivity contribution in [2.75, 3.05) is 12.0 Å². The summed E-state index contributed by atoms with van der Waals surface area (Å²) in [5.41, 5.74) is 6.20. The molecule has 1 aromatic carbocycles. The van der Waals surface area contributed by atoms with Crippen LogP contribution in [0.4, 0.5) is 20.3 Å². The summed E-state index contributed by atoms with van der Waals surface area (Å²) in [5.74, 6) is 0.561. The van der Waals surface area contributed by atoms with Crippen LogP contribution in [0.3, 0.4) is 0 Å². The first-order valence-electron chi connectivity index (χ1n) is 10.8. The average Bonchev–Trinajstić information content (AvgIpc) is 3.55. The number of nitrogens with zero attached hydrogens (tertiary/aromatic N) is 4. The SMILES string of the molecule is CC(C)Oc1cnc2c(Nc3cc(Cl)c(F)c([C@@]4(CF)N=C(N)C[C@@H]5C[C@@H]54)c3)nccc2n1. The van der Waals surface area contributed by atoms with Crippen LogP contribution in [0.1, 0.15) is 32.3 Å². The fourth-order valence-corrected chi connectivity index (χ4v) is 4.82. The van der Waals surface area contributed by atoms with E-state index in [1.807, 2.05) is 13.8 Å². The Kier molecular flexibility index (Phi) is 5.31. The summed E-state index contributed by atoms with van der Waals surface area (Å²) < 4.78 is 35.2. The van der Waals surface area contributed by atoms with E-state index in [4.69, 9.17) is 22.1 Å². The number of halogens is 3. The van der Waals surface area contributed by atoms with Gasteiger partial charge in [0, 0.05) is 23.9 Å². The monoisotopic (exact) mass is 472 g/mol. The minimum atomic E-state index is -1.37. The van der Waals surface area contributed by atoms with Gasteiger partial charge in [-0.25, -0.2) is 23.7 Å². The van der Waals surface area contributed by atoms with E-state index in [1.165, 1.54) is 18.3 Å². The van der Waals surface area contributed by atoms with Gasteiger partial charge in [-0.05, 0) is 50.3 Å². The number of rotatable bonds is 6. The molecule has 1 aliphatic heterocycles. The van der Waals surface area contributed by atoms with E-state index >= 15 is 4.39 Å². The second-order valence-corrected chi connectivity index (χ2v) is 9.22. The van der Waals surface area contributed by atoms with E-state index in [0.717, 1.165) is 6.42 Å². The van der Waals surface area contributed by atoms with E-state index < -0.39 is 18.0 Å². The molecule has 0 spiro atoms. The number of benzene rings is 1. The highest BCUT2D eigenvalue weighted by molar-refractivity contribution is 6.31. The van der Waals surface area contributed by atoms with Gasteiger partial charge in [-0.2, -0.15) is 0 Å². The molecule has 3 heterocycles. The number of hydrogen-bond donors (Lipinski definition) is 2. The molecule has 1 fully saturated rings. The van der Waals surface area contributed by atoms with Crippen LogP contribution >= 0.6 is 11.6 Å². The van der Waals surface area contributed by atoms with Crippen LogP contribution in [0.15, 0.2) is 35.6 Å². The van der Waals surface area contributed by atoms with E-state index in [9.17, 15) is 4.39 Å². The summed E-state index contributed by atoms with van der Waals surface area (Å²) in [6.07, 6.45) is 4.42. The summed E-state index contributed by atoms with van der Waals surface area (Å²) in [7, 11) is 0. The maximum Gasteiger partial charge on any atom is 0.233 e. The van der Waals surface area contributed by atoms with Crippen molar-refractivity contribution in [1.82, 2.24) is 15.0 Å². The van der Waals surface area contributed by atoms with Crippen molar-refractivity contribution in [1.29, 1.82) is 0 Å². The van der Waals surface area contributed by atoms with Crippen LogP contribution in [0.25, 0.3) is 11.0 Å². The first-order valence-corrected chi connectivity index (χ1v) is 11.1. The van der Waals surface area contributed by atoms with Gasteiger partial charge in [0.25, 0.3) is 0 Å². The molecule has 2 aromatic heterocycles. The van der Waals surface area contributed by atoms with Crippen LogP contribution in [0.2, 0.25) is 5.02 Å². The summed E-state index contributed by atoms with van der Waals surface area (Å²) in [6, 6.07) is 4.67. The van der Waals surface area contributed by atoms with Gasteiger partial charge < -0.3 is 15.8 Å². The molecule has 1 saturated carbocycles. The number of nitrogens with one attached hydrogen (secondary N) is 1. The maximum absolute atomic E-state index is 15.2. The molecular formula is C23H23ClF2N6O. The lowest BCUT2D eigenvalue weighted by Crippen LogP contribution is -2.37. The molecule has 0 unspecified atom stereocenters. The molecule has 2 aliphatic rings. The molecule has 5 rings (SSSR count). The zero-order valence-electron chi connectivity index (χ0n) is 18.1. The van der Waals surface area contributed by atoms with Crippen molar-refractivity contribution in [3.63, 3.8) is 0 Å². The number of nitrogens with two attached hydrogens (primary N) is 1. The fraction of sp³-hybridized carbons (Fsp3) is 0.391. The Balaban J connectivity index is 1.55. The van der Waals surface area contributed by atoms with Gasteiger partial charge in [0.2, 0.25) is 5.88 Å². The Hall–Kier alpha value is -3.07. The third-order valence-corrected chi connectivity index (χ3v) is 6.38. The lowest BCUT2D eigenvalue weighted by Gasteiger charge is -2.32. The first kappa shape index (κ1) is 21.8. The second-order valence-electron chi connectivity index (χ2n) is 8.81.